The van der Waals surface area contributed by atoms with Crippen LogP contribution in [0.25, 0.3) is 21.7 Å². The number of imidazole rings is 1. The molecule has 3 heterocycles. The summed E-state index contributed by atoms with van der Waals surface area (Å²) >= 11 is 1.60. The molecule has 2 aromatic heterocycles. The number of hydrogen-bond acceptors (Lipinski definition) is 8. The Hall–Kier alpha value is -2.66. The number of methoxy groups -OCH3 is 1. The van der Waals surface area contributed by atoms with Crippen LogP contribution >= 0.6 is 11.3 Å². The van der Waals surface area contributed by atoms with Crippen LogP contribution in [0.2, 0.25) is 0 Å². The van der Waals surface area contributed by atoms with Crippen LogP contribution in [0, 0.1) is 0 Å². The van der Waals surface area contributed by atoms with Gasteiger partial charge in [0.1, 0.15) is 28.9 Å². The van der Waals surface area contributed by atoms with Gasteiger partial charge in [0.05, 0.1) is 17.5 Å². The van der Waals surface area contributed by atoms with Gasteiger partial charge in [-0.1, -0.05) is 6.07 Å². The van der Waals surface area contributed by atoms with E-state index in [-0.39, 0.29) is 6.09 Å². The molecule has 3 N–H and O–H groups in total. The number of rotatable bonds is 7. The second-order valence-electron chi connectivity index (χ2n) is 9.31. The number of H-pyrrole nitrogens is 1. The Kier molecular flexibility index (Phi) is 7.42. The number of aliphatic hydroxyl groups is 1. The molecular formula is C24H33N5O4S. The fraction of sp³-hybridized carbons (Fsp3) is 0.500. The molecule has 3 aromatic rings. The van der Waals surface area contributed by atoms with Crippen LogP contribution in [0.5, 0.6) is 5.75 Å². The number of hydrogen-bond donors (Lipinski definition) is 3. The molecule has 184 valence electrons. The van der Waals surface area contributed by atoms with Crippen molar-refractivity contribution in [2.45, 2.75) is 32.6 Å². The highest BCUT2D eigenvalue weighted by atomic mass is 32.1. The lowest BCUT2D eigenvalue weighted by molar-refractivity contribution is 0.0143. The molecule has 0 bridgehead atoms. The molecule has 34 heavy (non-hydrogen) atoms. The Morgan fingerprint density at radius 2 is 2.03 bits per heavy atom. The Bertz CT molecular complexity index is 1100. The fourth-order valence-corrected chi connectivity index (χ4v) is 4.63. The first-order valence-electron chi connectivity index (χ1n) is 11.5. The van der Waals surface area contributed by atoms with E-state index in [0.29, 0.717) is 36.5 Å². The van der Waals surface area contributed by atoms with Crippen molar-refractivity contribution in [3.8, 4) is 16.5 Å². The molecule has 1 amide bonds. The topological polar surface area (TPSA) is 103 Å². The van der Waals surface area contributed by atoms with Crippen molar-refractivity contribution < 1.29 is 19.4 Å². The molecule has 0 radical (unpaired) electrons. The Labute approximate surface area is 203 Å². The molecule has 10 heteroatoms. The van der Waals surface area contributed by atoms with Gasteiger partial charge in [0.2, 0.25) is 0 Å². The van der Waals surface area contributed by atoms with Gasteiger partial charge in [0, 0.05) is 44.8 Å². The number of thiophene rings is 1. The van der Waals surface area contributed by atoms with Crippen molar-refractivity contribution in [1.82, 2.24) is 25.1 Å². The number of fused-ring (bicyclic) bond motifs is 1. The van der Waals surface area contributed by atoms with Crippen LogP contribution in [-0.4, -0.2) is 82.9 Å². The third-order valence-electron chi connectivity index (χ3n) is 5.70. The third kappa shape index (κ3) is 5.69. The number of aliphatic hydroxyl groups excluding tert-OH is 1. The highest BCUT2D eigenvalue weighted by Gasteiger charge is 2.26. The summed E-state index contributed by atoms with van der Waals surface area (Å²) in [5.74, 6) is 1.44. The minimum Gasteiger partial charge on any atom is -0.494 e. The van der Waals surface area contributed by atoms with Gasteiger partial charge in [-0.25, -0.2) is 9.78 Å². The van der Waals surface area contributed by atoms with Gasteiger partial charge in [-0.3, -0.25) is 10.2 Å². The Morgan fingerprint density at radius 1 is 1.26 bits per heavy atom. The first-order chi connectivity index (χ1) is 16.2. The van der Waals surface area contributed by atoms with Crippen LogP contribution in [0.3, 0.4) is 0 Å². The molecule has 9 nitrogen and oxygen atoms in total. The lowest BCUT2D eigenvalue weighted by atomic mass is 10.1. The second-order valence-corrected chi connectivity index (χ2v) is 10.3. The lowest BCUT2D eigenvalue weighted by Crippen LogP contribution is -2.51. The summed E-state index contributed by atoms with van der Waals surface area (Å²) < 4.78 is 10.9. The quantitative estimate of drug-likeness (QED) is 0.439. The molecule has 1 saturated heterocycles. The molecular weight excluding hydrogens is 454 g/mol. The highest BCUT2D eigenvalue weighted by Crippen LogP contribution is 2.33. The van der Waals surface area contributed by atoms with Crippen molar-refractivity contribution in [3.63, 3.8) is 0 Å². The van der Waals surface area contributed by atoms with Crippen molar-refractivity contribution in [1.29, 1.82) is 0 Å². The average molecular weight is 488 g/mol. The summed E-state index contributed by atoms with van der Waals surface area (Å²) in [5.41, 5.74) is 1.67. The number of aromatic nitrogens is 2. The monoisotopic (exact) mass is 487 g/mol. The summed E-state index contributed by atoms with van der Waals surface area (Å²) in [4.78, 5) is 25.4. The van der Waals surface area contributed by atoms with Gasteiger partial charge in [-0.15, -0.1) is 11.3 Å². The zero-order chi connectivity index (χ0) is 24.3. The van der Waals surface area contributed by atoms with Crippen molar-refractivity contribution >= 4 is 28.5 Å². The Morgan fingerprint density at radius 3 is 2.68 bits per heavy atom. The van der Waals surface area contributed by atoms with E-state index in [4.69, 9.17) is 14.5 Å². The number of benzene rings is 1. The Balaban J connectivity index is 1.34. The predicted molar refractivity (Wildman–Crippen MR) is 133 cm³/mol. The van der Waals surface area contributed by atoms with Crippen LogP contribution in [0.15, 0.2) is 29.6 Å². The summed E-state index contributed by atoms with van der Waals surface area (Å²) in [6.45, 7) is 9.80. The summed E-state index contributed by atoms with van der Waals surface area (Å²) in [6, 6.07) is 7.67. The van der Waals surface area contributed by atoms with E-state index < -0.39 is 11.8 Å². The van der Waals surface area contributed by atoms with E-state index in [1.165, 1.54) is 0 Å². The smallest absolute Gasteiger partial charge is 0.410 e. The molecule has 1 unspecified atom stereocenters. The van der Waals surface area contributed by atoms with Crippen LogP contribution in [0.1, 0.15) is 32.6 Å². The van der Waals surface area contributed by atoms with E-state index in [0.717, 1.165) is 35.9 Å². The van der Waals surface area contributed by atoms with Crippen molar-refractivity contribution in [2.75, 3.05) is 46.4 Å². The largest absolute Gasteiger partial charge is 0.494 e. The zero-order valence-electron chi connectivity index (χ0n) is 20.1. The van der Waals surface area contributed by atoms with Crippen molar-refractivity contribution in [2.24, 2.45) is 0 Å². The van der Waals surface area contributed by atoms with Crippen molar-refractivity contribution in [3.05, 3.63) is 35.2 Å². The SMILES string of the molecule is COc1ccc(C(O)NCCN2CCN(C(=O)OC(C)(C)C)CC2)c2nc(-c3cccs3)[nH]c12. The van der Waals surface area contributed by atoms with E-state index in [1.807, 2.05) is 50.4 Å². The molecule has 1 fully saturated rings. The van der Waals surface area contributed by atoms with E-state index in [2.05, 4.69) is 15.2 Å². The number of aromatic amines is 1. The predicted octanol–water partition coefficient (Wildman–Crippen LogP) is 3.43. The fourth-order valence-electron chi connectivity index (χ4n) is 3.96. The maximum atomic E-state index is 12.2. The number of ether oxygens (including phenoxy) is 2. The number of amides is 1. The van der Waals surface area contributed by atoms with E-state index in [9.17, 15) is 9.90 Å². The first kappa shape index (κ1) is 24.5. The summed E-state index contributed by atoms with van der Waals surface area (Å²) in [6.07, 6.45) is -1.12. The normalized spacial score (nSPS) is 16.1. The van der Waals surface area contributed by atoms with Crippen LogP contribution in [-0.2, 0) is 4.74 Å². The van der Waals surface area contributed by atoms with Crippen LogP contribution in [0.4, 0.5) is 4.79 Å². The van der Waals surface area contributed by atoms with E-state index in [1.54, 1.807) is 23.3 Å². The molecule has 0 spiro atoms. The first-order valence-corrected chi connectivity index (χ1v) is 12.4. The minimum atomic E-state index is -0.865. The number of nitrogens with zero attached hydrogens (tertiary/aromatic N) is 3. The standard InChI is InChI=1S/C24H33N5O4S/c1-24(2,3)33-23(31)29-13-11-28(12-14-29)10-9-25-22(30)16-7-8-17(32-4)20-19(16)26-21(27-20)18-6-5-15-34-18/h5-8,15,22,25,30H,9-14H2,1-4H3,(H,26,27). The third-order valence-corrected chi connectivity index (χ3v) is 6.57. The second kappa shape index (κ2) is 10.3. The average Bonchev–Trinajstić information content (AvgIpc) is 3.47. The number of nitrogens with one attached hydrogen (secondary N) is 2. The number of carbonyl (C=O) groups is 1. The van der Waals surface area contributed by atoms with Gasteiger partial charge in [-0.2, -0.15) is 0 Å². The van der Waals surface area contributed by atoms with Crippen LogP contribution < -0.4 is 10.1 Å². The van der Waals surface area contributed by atoms with Gasteiger partial charge in [-0.05, 0) is 44.4 Å². The maximum absolute atomic E-state index is 12.2. The molecule has 0 saturated carbocycles. The maximum Gasteiger partial charge on any atom is 0.410 e. The summed E-state index contributed by atoms with van der Waals surface area (Å²) in [7, 11) is 1.62. The van der Waals surface area contributed by atoms with Gasteiger partial charge in [0.15, 0.2) is 0 Å². The molecule has 1 aliphatic rings. The lowest BCUT2D eigenvalue weighted by Gasteiger charge is -2.35. The molecule has 0 aliphatic carbocycles. The van der Waals surface area contributed by atoms with Gasteiger partial charge < -0.3 is 24.5 Å². The summed E-state index contributed by atoms with van der Waals surface area (Å²) in [5, 5.41) is 16.1. The molecule has 1 atom stereocenters. The molecule has 4 rings (SSSR count). The van der Waals surface area contributed by atoms with Gasteiger partial charge >= 0.3 is 6.09 Å². The minimum absolute atomic E-state index is 0.259. The zero-order valence-corrected chi connectivity index (χ0v) is 20.9. The number of carbonyl (C=O) groups excluding carboxylic acids is 1. The number of piperazine rings is 1. The van der Waals surface area contributed by atoms with Gasteiger partial charge in [0.25, 0.3) is 0 Å². The van der Waals surface area contributed by atoms with E-state index >= 15 is 0 Å². The molecule has 1 aromatic carbocycles. The molecule has 1 aliphatic heterocycles. The highest BCUT2D eigenvalue weighted by molar-refractivity contribution is 7.13.